The fraction of sp³-hybridized carbons (Fsp3) is 0. The first kappa shape index (κ1) is 12.3. The van der Waals surface area contributed by atoms with Gasteiger partial charge < -0.3 is 5.11 Å². The number of hydrogen-bond donors (Lipinski definition) is 1. The number of aromatic nitrogens is 1. The van der Waals surface area contributed by atoms with Gasteiger partial charge in [0.25, 0.3) is 0 Å². The molecule has 0 bridgehead atoms. The maximum atomic E-state index is 11.0. The number of aliphatic imine (C=N–C) groups is 1. The molecule has 1 heterocycles. The summed E-state index contributed by atoms with van der Waals surface area (Å²) in [6, 6.07) is 9.93. The zero-order chi connectivity index (χ0) is 13.0. The Morgan fingerprint density at radius 2 is 2.17 bits per heavy atom. The summed E-state index contributed by atoms with van der Waals surface area (Å²) in [5.74, 6) is -1.06. The molecule has 0 fully saturated rings. The van der Waals surface area contributed by atoms with Gasteiger partial charge in [-0.25, -0.2) is 4.79 Å². The molecule has 4 nitrogen and oxygen atoms in total. The number of aromatic carboxylic acids is 1. The predicted molar refractivity (Wildman–Crippen MR) is 69.9 cm³/mol. The Morgan fingerprint density at radius 1 is 1.33 bits per heavy atom. The van der Waals surface area contributed by atoms with Crippen LogP contribution in [0.4, 0.5) is 5.69 Å². The van der Waals surface area contributed by atoms with E-state index in [0.717, 1.165) is 0 Å². The van der Waals surface area contributed by atoms with Crippen molar-refractivity contribution in [1.29, 1.82) is 0 Å². The number of nitrogens with zero attached hydrogens (tertiary/aromatic N) is 2. The van der Waals surface area contributed by atoms with Gasteiger partial charge in [-0.15, -0.1) is 0 Å². The van der Waals surface area contributed by atoms with Crippen LogP contribution in [0, 0.1) is 0 Å². The molecular weight excluding hydrogens is 252 g/mol. The number of pyridine rings is 1. The van der Waals surface area contributed by atoms with Crippen LogP contribution in [0.2, 0.25) is 5.02 Å². The van der Waals surface area contributed by atoms with E-state index in [0.29, 0.717) is 16.4 Å². The summed E-state index contributed by atoms with van der Waals surface area (Å²) < 4.78 is 0. The van der Waals surface area contributed by atoms with Crippen LogP contribution in [0.15, 0.2) is 47.6 Å². The van der Waals surface area contributed by atoms with Gasteiger partial charge in [0.2, 0.25) is 0 Å². The normalized spacial score (nSPS) is 10.7. The maximum absolute atomic E-state index is 11.0. The third-order valence-corrected chi connectivity index (χ3v) is 2.45. The minimum Gasteiger partial charge on any atom is -0.478 e. The fourth-order valence-corrected chi connectivity index (χ4v) is 1.55. The quantitative estimate of drug-likeness (QED) is 0.862. The smallest absolute Gasteiger partial charge is 0.337 e. The minimum absolute atomic E-state index is 0.0645. The van der Waals surface area contributed by atoms with Gasteiger partial charge >= 0.3 is 5.97 Å². The van der Waals surface area contributed by atoms with Gasteiger partial charge in [0, 0.05) is 11.2 Å². The van der Waals surface area contributed by atoms with Gasteiger partial charge in [-0.3, -0.25) is 9.98 Å². The van der Waals surface area contributed by atoms with Crippen molar-refractivity contribution in [3.05, 3.63) is 58.9 Å². The molecule has 5 heteroatoms. The Hall–Kier alpha value is -2.20. The minimum atomic E-state index is -1.06. The van der Waals surface area contributed by atoms with Crippen molar-refractivity contribution in [1.82, 2.24) is 4.98 Å². The first-order valence-electron chi connectivity index (χ1n) is 5.15. The van der Waals surface area contributed by atoms with Crippen LogP contribution in [0.25, 0.3) is 0 Å². The van der Waals surface area contributed by atoms with Gasteiger partial charge in [-0.1, -0.05) is 17.7 Å². The van der Waals surface area contributed by atoms with Gasteiger partial charge in [-0.2, -0.15) is 0 Å². The van der Waals surface area contributed by atoms with E-state index in [1.165, 1.54) is 12.3 Å². The van der Waals surface area contributed by atoms with Crippen molar-refractivity contribution < 1.29 is 9.90 Å². The van der Waals surface area contributed by atoms with Gasteiger partial charge in [0.15, 0.2) is 0 Å². The van der Waals surface area contributed by atoms with Gasteiger partial charge in [0.05, 0.1) is 23.2 Å². The zero-order valence-electron chi connectivity index (χ0n) is 9.25. The van der Waals surface area contributed by atoms with Crippen molar-refractivity contribution >= 4 is 29.5 Å². The van der Waals surface area contributed by atoms with Crippen LogP contribution in [0.3, 0.4) is 0 Å². The molecule has 18 heavy (non-hydrogen) atoms. The van der Waals surface area contributed by atoms with E-state index >= 15 is 0 Å². The summed E-state index contributed by atoms with van der Waals surface area (Å²) in [5, 5.41) is 9.40. The van der Waals surface area contributed by atoms with Gasteiger partial charge in [-0.05, 0) is 30.3 Å². The molecule has 1 aromatic carbocycles. The second-order valence-corrected chi connectivity index (χ2v) is 3.92. The van der Waals surface area contributed by atoms with E-state index in [-0.39, 0.29) is 5.56 Å². The first-order chi connectivity index (χ1) is 8.66. The lowest BCUT2D eigenvalue weighted by Gasteiger charge is -2.01. The summed E-state index contributed by atoms with van der Waals surface area (Å²) >= 11 is 5.75. The molecule has 0 spiro atoms. The van der Waals surface area contributed by atoms with Gasteiger partial charge in [0.1, 0.15) is 0 Å². The summed E-state index contributed by atoms with van der Waals surface area (Å²) in [4.78, 5) is 19.2. The van der Waals surface area contributed by atoms with E-state index in [4.69, 9.17) is 16.7 Å². The molecular formula is C13H9ClN2O2. The largest absolute Gasteiger partial charge is 0.478 e. The topological polar surface area (TPSA) is 62.5 Å². The number of rotatable bonds is 3. The summed E-state index contributed by atoms with van der Waals surface area (Å²) in [6.07, 6.45) is 3.15. The highest BCUT2D eigenvalue weighted by atomic mass is 35.5. The third kappa shape index (κ3) is 2.93. The van der Waals surface area contributed by atoms with Crippen LogP contribution in [-0.2, 0) is 0 Å². The van der Waals surface area contributed by atoms with Crippen molar-refractivity contribution in [3.8, 4) is 0 Å². The Kier molecular flexibility index (Phi) is 3.69. The molecule has 0 atom stereocenters. The van der Waals surface area contributed by atoms with Crippen LogP contribution < -0.4 is 0 Å². The fourth-order valence-electron chi connectivity index (χ4n) is 1.38. The number of carbonyl (C=O) groups is 1. The second-order valence-electron chi connectivity index (χ2n) is 3.48. The van der Waals surface area contributed by atoms with E-state index in [2.05, 4.69) is 9.98 Å². The lowest BCUT2D eigenvalue weighted by Crippen LogP contribution is -1.96. The highest BCUT2D eigenvalue weighted by molar-refractivity contribution is 6.31. The van der Waals surface area contributed by atoms with E-state index in [1.807, 2.05) is 6.07 Å². The molecule has 0 saturated heterocycles. The number of halogens is 1. The van der Waals surface area contributed by atoms with Crippen LogP contribution in [0.5, 0.6) is 0 Å². The van der Waals surface area contributed by atoms with E-state index in [1.54, 1.807) is 30.5 Å². The molecule has 0 aliphatic rings. The molecule has 1 N–H and O–H groups in total. The Balaban J connectivity index is 2.35. The summed E-state index contributed by atoms with van der Waals surface area (Å²) in [5.41, 5.74) is 1.07. The van der Waals surface area contributed by atoms with Crippen molar-refractivity contribution in [2.75, 3.05) is 0 Å². The molecule has 0 aliphatic heterocycles. The molecule has 1 aromatic heterocycles. The van der Waals surface area contributed by atoms with E-state index < -0.39 is 5.97 Å². The first-order valence-corrected chi connectivity index (χ1v) is 5.52. The monoisotopic (exact) mass is 260 g/mol. The molecule has 0 saturated carbocycles. The molecule has 2 aromatic rings. The van der Waals surface area contributed by atoms with Crippen LogP contribution in [-0.4, -0.2) is 22.3 Å². The highest BCUT2D eigenvalue weighted by Crippen LogP contribution is 2.23. The number of benzene rings is 1. The number of carboxylic acid groups (broad SMARTS) is 1. The highest BCUT2D eigenvalue weighted by Gasteiger charge is 2.09. The average molecular weight is 261 g/mol. The molecule has 0 aliphatic carbocycles. The van der Waals surface area contributed by atoms with Crippen molar-refractivity contribution in [2.24, 2.45) is 4.99 Å². The maximum Gasteiger partial charge on any atom is 0.337 e. The molecule has 0 radical (unpaired) electrons. The number of carboxylic acids is 1. The Bertz CT molecular complexity index is 597. The zero-order valence-corrected chi connectivity index (χ0v) is 10.0. The van der Waals surface area contributed by atoms with Crippen LogP contribution in [0.1, 0.15) is 16.1 Å². The average Bonchev–Trinajstić information content (AvgIpc) is 2.38. The summed E-state index contributed by atoms with van der Waals surface area (Å²) in [7, 11) is 0. The lowest BCUT2D eigenvalue weighted by molar-refractivity contribution is 0.0698. The lowest BCUT2D eigenvalue weighted by atomic mass is 10.2. The second kappa shape index (κ2) is 5.42. The molecule has 90 valence electrons. The predicted octanol–water partition coefficient (Wildman–Crippen LogP) is 3.18. The Labute approximate surface area is 109 Å². The summed E-state index contributed by atoms with van der Waals surface area (Å²) in [6.45, 7) is 0. The SMILES string of the molecule is O=C(O)c1cc(Cl)ccc1N=Cc1ccccn1. The molecule has 0 amide bonds. The molecule has 0 unspecified atom stereocenters. The van der Waals surface area contributed by atoms with E-state index in [9.17, 15) is 4.79 Å². The third-order valence-electron chi connectivity index (χ3n) is 2.21. The Morgan fingerprint density at radius 3 is 2.83 bits per heavy atom. The number of hydrogen-bond acceptors (Lipinski definition) is 3. The van der Waals surface area contributed by atoms with Crippen molar-refractivity contribution in [3.63, 3.8) is 0 Å². The van der Waals surface area contributed by atoms with Crippen LogP contribution >= 0.6 is 11.6 Å². The van der Waals surface area contributed by atoms with Crippen molar-refractivity contribution in [2.45, 2.75) is 0 Å². The molecule has 2 rings (SSSR count). The standard InChI is InChI=1S/C13H9ClN2O2/c14-9-4-5-12(11(7-9)13(17)18)16-8-10-3-1-2-6-15-10/h1-8H,(H,17,18).